The fourth-order valence-corrected chi connectivity index (χ4v) is 5.30. The number of rotatable bonds is 2. The van der Waals surface area contributed by atoms with Crippen LogP contribution in [0, 0.1) is 5.82 Å². The lowest BCUT2D eigenvalue weighted by Crippen LogP contribution is -2.50. The summed E-state index contributed by atoms with van der Waals surface area (Å²) in [5.41, 5.74) is 2.00. The van der Waals surface area contributed by atoms with Crippen molar-refractivity contribution in [3.63, 3.8) is 0 Å². The minimum Gasteiger partial charge on any atom is -0.432 e. The largest absolute Gasteiger partial charge is 0.432 e. The van der Waals surface area contributed by atoms with Crippen molar-refractivity contribution in [2.45, 2.75) is 30.6 Å². The predicted octanol–water partition coefficient (Wildman–Crippen LogP) is 7.19. The van der Waals surface area contributed by atoms with Crippen LogP contribution < -0.4 is 10.1 Å². The molecule has 5 rings (SSSR count). The van der Waals surface area contributed by atoms with E-state index < -0.39 is 17.6 Å². The van der Waals surface area contributed by atoms with E-state index in [1.165, 1.54) is 36.4 Å². The molecule has 3 aromatic rings. The summed E-state index contributed by atoms with van der Waals surface area (Å²) in [6.45, 7) is 0.528. The fraction of sp³-hybridized carbons (Fsp3) is 0.240. The average Bonchev–Trinajstić information content (AvgIpc) is 3.17. The quantitative estimate of drug-likeness (QED) is 0.294. The summed E-state index contributed by atoms with van der Waals surface area (Å²) >= 11 is 11.8. The molecule has 2 aliphatic heterocycles. The van der Waals surface area contributed by atoms with Gasteiger partial charge in [-0.05, 0) is 84.4 Å². The van der Waals surface area contributed by atoms with Crippen LogP contribution in [0.1, 0.15) is 35.1 Å². The second-order valence-electron chi connectivity index (χ2n) is 8.38. The van der Waals surface area contributed by atoms with Crippen LogP contribution in [0.4, 0.5) is 23.2 Å². The van der Waals surface area contributed by atoms with E-state index in [2.05, 4.69) is 5.32 Å². The molecule has 3 unspecified atom stereocenters. The van der Waals surface area contributed by atoms with Crippen LogP contribution in [0.3, 0.4) is 0 Å². The Labute approximate surface area is 204 Å². The molecule has 0 radical (unpaired) electrons. The Balaban J connectivity index is 1.49. The van der Waals surface area contributed by atoms with Crippen LogP contribution in [0.25, 0.3) is 0 Å². The van der Waals surface area contributed by atoms with Gasteiger partial charge in [-0.2, -0.15) is 13.2 Å². The number of ether oxygens (including phenoxy) is 1. The maximum Gasteiger partial charge on any atom is 0.416 e. The van der Waals surface area contributed by atoms with Crippen molar-refractivity contribution in [3.05, 3.63) is 94.3 Å². The van der Waals surface area contributed by atoms with Gasteiger partial charge in [0.2, 0.25) is 0 Å². The van der Waals surface area contributed by atoms with Gasteiger partial charge in [0.15, 0.2) is 0 Å². The van der Waals surface area contributed by atoms with Gasteiger partial charge >= 0.3 is 6.18 Å². The highest BCUT2D eigenvalue weighted by Gasteiger charge is 2.45. The summed E-state index contributed by atoms with van der Waals surface area (Å²) in [6, 6.07) is 15.8. The van der Waals surface area contributed by atoms with E-state index in [1.807, 2.05) is 17.0 Å². The number of hydrogen-bond donors (Lipinski definition) is 1. The summed E-state index contributed by atoms with van der Waals surface area (Å²) in [6.07, 6.45) is -3.68. The molecule has 0 spiro atoms. The number of benzene rings is 3. The summed E-state index contributed by atoms with van der Waals surface area (Å²) < 4.78 is 58.6. The first-order valence-corrected chi connectivity index (χ1v) is 11.5. The van der Waals surface area contributed by atoms with Gasteiger partial charge < -0.3 is 15.0 Å². The van der Waals surface area contributed by atoms with E-state index in [-0.39, 0.29) is 23.2 Å². The molecule has 3 nitrogen and oxygen atoms in total. The van der Waals surface area contributed by atoms with E-state index in [0.29, 0.717) is 22.9 Å². The first-order chi connectivity index (χ1) is 16.2. The summed E-state index contributed by atoms with van der Waals surface area (Å²) in [7, 11) is 0. The molecule has 1 saturated heterocycles. The first kappa shape index (κ1) is 22.9. The number of thiocarbonyl (C=S) groups is 1. The minimum atomic E-state index is -4.42. The van der Waals surface area contributed by atoms with Gasteiger partial charge in [0, 0.05) is 23.2 Å². The maximum atomic E-state index is 13.3. The SMILES string of the molecule is Fc1ccc(OC(=S)N2CCC3c4cc(Cl)ccc4NC3C2c2ccc(C(F)(F)F)cc2)cc1. The lowest BCUT2D eigenvalue weighted by Gasteiger charge is -2.44. The van der Waals surface area contributed by atoms with Crippen LogP contribution in [-0.4, -0.2) is 22.7 Å². The summed E-state index contributed by atoms with van der Waals surface area (Å²) in [5.74, 6) is 0.0910. The van der Waals surface area contributed by atoms with E-state index >= 15 is 0 Å². The van der Waals surface area contributed by atoms with Crippen LogP contribution in [0.5, 0.6) is 5.75 Å². The van der Waals surface area contributed by atoms with Crippen molar-refractivity contribution in [2.75, 3.05) is 11.9 Å². The highest BCUT2D eigenvalue weighted by atomic mass is 35.5. The number of hydrogen-bond acceptors (Lipinski definition) is 3. The first-order valence-electron chi connectivity index (χ1n) is 10.7. The van der Waals surface area contributed by atoms with Gasteiger partial charge in [-0.15, -0.1) is 0 Å². The molecule has 2 heterocycles. The number of likely N-dealkylation sites (tertiary alicyclic amines) is 1. The number of alkyl halides is 3. The van der Waals surface area contributed by atoms with E-state index in [4.69, 9.17) is 28.6 Å². The molecule has 3 aromatic carbocycles. The van der Waals surface area contributed by atoms with Crippen molar-refractivity contribution in [2.24, 2.45) is 0 Å². The molecule has 2 aliphatic rings. The van der Waals surface area contributed by atoms with Crippen LogP contribution in [0.2, 0.25) is 5.02 Å². The van der Waals surface area contributed by atoms with Crippen molar-refractivity contribution in [1.82, 2.24) is 4.90 Å². The Kier molecular flexibility index (Phi) is 5.90. The van der Waals surface area contributed by atoms with Gasteiger partial charge in [-0.25, -0.2) is 4.39 Å². The summed E-state index contributed by atoms with van der Waals surface area (Å²) in [4.78, 5) is 1.88. The average molecular weight is 507 g/mol. The lowest BCUT2D eigenvalue weighted by atomic mass is 9.81. The molecule has 0 bridgehead atoms. The number of halogens is 5. The standard InChI is InChI=1S/C25H19ClF4N2OS/c26-16-5-10-21-20(13-16)19-11-12-32(24(34)33-18-8-6-17(27)7-9-18)23(22(19)31-21)14-1-3-15(4-2-14)25(28,29)30/h1-10,13,19,22-23,31H,11-12H2. The highest BCUT2D eigenvalue weighted by molar-refractivity contribution is 7.80. The molecule has 1 fully saturated rings. The van der Waals surface area contributed by atoms with Crippen molar-refractivity contribution >= 4 is 34.7 Å². The number of nitrogens with zero attached hydrogens (tertiary/aromatic N) is 1. The van der Waals surface area contributed by atoms with Gasteiger partial charge in [0.1, 0.15) is 11.6 Å². The highest BCUT2D eigenvalue weighted by Crippen LogP contribution is 2.49. The normalized spacial score (nSPS) is 21.4. The lowest BCUT2D eigenvalue weighted by molar-refractivity contribution is -0.137. The Bertz CT molecular complexity index is 1220. The molecule has 3 atom stereocenters. The van der Waals surface area contributed by atoms with Crippen LogP contribution in [0.15, 0.2) is 66.7 Å². The predicted molar refractivity (Wildman–Crippen MR) is 127 cm³/mol. The Morgan fingerprint density at radius 3 is 2.41 bits per heavy atom. The molecule has 0 aliphatic carbocycles. The maximum absolute atomic E-state index is 13.3. The molecule has 0 amide bonds. The zero-order valence-electron chi connectivity index (χ0n) is 17.7. The Hall–Kier alpha value is -2.84. The zero-order valence-corrected chi connectivity index (χ0v) is 19.2. The smallest absolute Gasteiger partial charge is 0.416 e. The second kappa shape index (κ2) is 8.74. The summed E-state index contributed by atoms with van der Waals surface area (Å²) in [5, 5.41) is 4.33. The number of piperidine rings is 1. The monoisotopic (exact) mass is 506 g/mol. The van der Waals surface area contributed by atoms with Gasteiger partial charge in [0.25, 0.3) is 5.17 Å². The minimum absolute atomic E-state index is 0.103. The molecule has 0 aromatic heterocycles. The molecule has 0 saturated carbocycles. The third-order valence-electron chi connectivity index (χ3n) is 6.36. The van der Waals surface area contributed by atoms with Crippen molar-refractivity contribution in [1.29, 1.82) is 0 Å². The van der Waals surface area contributed by atoms with E-state index in [9.17, 15) is 17.6 Å². The fourth-order valence-electron chi connectivity index (χ4n) is 4.81. The number of fused-ring (bicyclic) bond motifs is 3. The Morgan fingerprint density at radius 2 is 1.74 bits per heavy atom. The third kappa shape index (κ3) is 4.32. The topological polar surface area (TPSA) is 24.5 Å². The van der Waals surface area contributed by atoms with Gasteiger partial charge in [0.05, 0.1) is 17.6 Å². The molecule has 1 N–H and O–H groups in total. The molecule has 34 heavy (non-hydrogen) atoms. The number of anilines is 1. The molecule has 9 heteroatoms. The third-order valence-corrected chi connectivity index (χ3v) is 6.91. The van der Waals surface area contributed by atoms with E-state index in [0.717, 1.165) is 29.8 Å². The van der Waals surface area contributed by atoms with Crippen LogP contribution >= 0.6 is 23.8 Å². The van der Waals surface area contributed by atoms with Crippen molar-refractivity contribution in [3.8, 4) is 5.75 Å². The molecule has 176 valence electrons. The molecular weight excluding hydrogens is 488 g/mol. The molecular formula is C25H19ClF4N2OS. The Morgan fingerprint density at radius 1 is 1.03 bits per heavy atom. The van der Waals surface area contributed by atoms with Gasteiger partial charge in [-0.3, -0.25) is 0 Å². The second-order valence-corrected chi connectivity index (χ2v) is 9.16. The van der Waals surface area contributed by atoms with Gasteiger partial charge in [-0.1, -0.05) is 23.7 Å². The number of nitrogens with one attached hydrogen (secondary N) is 1. The van der Waals surface area contributed by atoms with E-state index in [1.54, 1.807) is 6.07 Å². The van der Waals surface area contributed by atoms with Crippen LogP contribution in [-0.2, 0) is 6.18 Å². The zero-order chi connectivity index (χ0) is 24.0. The van der Waals surface area contributed by atoms with Crippen molar-refractivity contribution < 1.29 is 22.3 Å².